The fourth-order valence-corrected chi connectivity index (χ4v) is 3.60. The molecule has 0 unspecified atom stereocenters. The molecular formula is C24H21F3N6. The van der Waals surface area contributed by atoms with Gasteiger partial charge in [-0.3, -0.25) is 0 Å². The predicted octanol–water partition coefficient (Wildman–Crippen LogP) is 4.80. The average Bonchev–Trinajstić information content (AvgIpc) is 3.16. The number of likely N-dealkylation sites (N-methyl/N-ethyl adjacent to an activating group) is 1. The number of halogens is 3. The van der Waals surface area contributed by atoms with Crippen molar-refractivity contribution < 1.29 is 13.2 Å². The second kappa shape index (κ2) is 8.56. The molecule has 0 fully saturated rings. The highest BCUT2D eigenvalue weighted by Crippen LogP contribution is 2.41. The van der Waals surface area contributed by atoms with Crippen molar-refractivity contribution in [1.82, 2.24) is 19.7 Å². The van der Waals surface area contributed by atoms with Crippen LogP contribution < -0.4 is 5.73 Å². The van der Waals surface area contributed by atoms with Gasteiger partial charge in [0.15, 0.2) is 5.65 Å². The first-order valence-corrected chi connectivity index (χ1v) is 10.2. The zero-order valence-electron chi connectivity index (χ0n) is 18.1. The third-order valence-electron chi connectivity index (χ3n) is 5.28. The van der Waals surface area contributed by atoms with E-state index in [1.165, 1.54) is 16.8 Å². The average molecular weight is 450 g/mol. The van der Waals surface area contributed by atoms with Gasteiger partial charge in [-0.25, -0.2) is 9.67 Å². The number of pyridine rings is 1. The van der Waals surface area contributed by atoms with Crippen molar-refractivity contribution in [3.63, 3.8) is 0 Å². The van der Waals surface area contributed by atoms with Gasteiger partial charge in [-0.1, -0.05) is 36.4 Å². The number of hydrogen-bond acceptors (Lipinski definition) is 5. The molecule has 0 aliphatic carbocycles. The lowest BCUT2D eigenvalue weighted by atomic mass is 10.0. The van der Waals surface area contributed by atoms with E-state index in [0.717, 1.165) is 6.07 Å². The summed E-state index contributed by atoms with van der Waals surface area (Å²) in [6, 6.07) is 16.2. The van der Waals surface area contributed by atoms with Gasteiger partial charge in [-0.05, 0) is 32.3 Å². The molecular weight excluding hydrogens is 429 g/mol. The first-order chi connectivity index (χ1) is 15.7. The summed E-state index contributed by atoms with van der Waals surface area (Å²) in [7, 11) is 3.75. The summed E-state index contributed by atoms with van der Waals surface area (Å²) in [5.41, 5.74) is 6.79. The number of nitrogens with two attached hydrogens (primary N) is 1. The Hall–Kier alpha value is -3.90. The summed E-state index contributed by atoms with van der Waals surface area (Å²) in [5, 5.41) is 13.8. The minimum absolute atomic E-state index is 0.0489. The normalized spacial score (nSPS) is 11.8. The summed E-state index contributed by atoms with van der Waals surface area (Å²) in [4.78, 5) is 6.50. The molecule has 2 aromatic carbocycles. The van der Waals surface area contributed by atoms with Crippen LogP contribution in [0.3, 0.4) is 0 Å². The summed E-state index contributed by atoms with van der Waals surface area (Å²) in [6.45, 7) is 0.925. The highest BCUT2D eigenvalue weighted by atomic mass is 19.4. The fraction of sp³-hybridized carbons (Fsp3) is 0.208. The van der Waals surface area contributed by atoms with Crippen LogP contribution in [0.5, 0.6) is 0 Å². The molecule has 0 amide bonds. The molecule has 6 nitrogen and oxygen atoms in total. The number of fused-ring (bicyclic) bond motifs is 1. The number of hydrogen-bond donors (Lipinski definition) is 1. The molecule has 2 N–H and O–H groups in total. The maximum absolute atomic E-state index is 14.3. The van der Waals surface area contributed by atoms with Gasteiger partial charge in [0, 0.05) is 23.4 Å². The smallest absolute Gasteiger partial charge is 0.398 e. The van der Waals surface area contributed by atoms with Crippen LogP contribution in [0.25, 0.3) is 33.5 Å². The molecule has 0 spiro atoms. The molecule has 4 aromatic rings. The van der Waals surface area contributed by atoms with E-state index in [1.54, 1.807) is 36.4 Å². The van der Waals surface area contributed by atoms with Crippen molar-refractivity contribution in [1.29, 1.82) is 5.26 Å². The number of rotatable bonds is 5. The molecule has 0 atom stereocenters. The first kappa shape index (κ1) is 22.3. The lowest BCUT2D eigenvalue weighted by molar-refractivity contribution is -0.136. The van der Waals surface area contributed by atoms with Crippen molar-refractivity contribution in [3.8, 4) is 28.6 Å². The molecule has 168 valence electrons. The van der Waals surface area contributed by atoms with Crippen LogP contribution in [-0.4, -0.2) is 40.3 Å². The standard InChI is InChI=1S/C24H21F3N6/c1-32(2)10-11-33-23-21(22(31-33)15-6-4-3-5-7-15)18(24(25,26)27)13-20(30-23)16-8-9-19(29)17(12-16)14-28/h3-9,12-13H,10-11,29H2,1-2H3. The van der Waals surface area contributed by atoms with E-state index in [1.807, 2.05) is 25.1 Å². The van der Waals surface area contributed by atoms with E-state index in [-0.39, 0.29) is 33.7 Å². The monoisotopic (exact) mass is 450 g/mol. The highest BCUT2D eigenvalue weighted by Gasteiger charge is 2.36. The van der Waals surface area contributed by atoms with Crippen molar-refractivity contribution in [2.24, 2.45) is 0 Å². The van der Waals surface area contributed by atoms with E-state index < -0.39 is 11.7 Å². The van der Waals surface area contributed by atoms with Gasteiger partial charge in [-0.2, -0.15) is 23.5 Å². The third-order valence-corrected chi connectivity index (χ3v) is 5.28. The number of anilines is 1. The SMILES string of the molecule is CN(C)CCn1nc(-c2ccccc2)c2c(C(F)(F)F)cc(-c3ccc(N)c(C#N)c3)nc21. The Labute approximate surface area is 188 Å². The van der Waals surface area contributed by atoms with Crippen LogP contribution in [-0.2, 0) is 12.7 Å². The third kappa shape index (κ3) is 4.38. The Bertz CT molecular complexity index is 1350. The zero-order valence-corrected chi connectivity index (χ0v) is 18.1. The molecule has 0 saturated carbocycles. The van der Waals surface area contributed by atoms with Gasteiger partial charge >= 0.3 is 6.18 Å². The van der Waals surface area contributed by atoms with Crippen LogP contribution in [0.15, 0.2) is 54.6 Å². The van der Waals surface area contributed by atoms with E-state index in [2.05, 4.69) is 10.1 Å². The van der Waals surface area contributed by atoms with Crippen molar-refractivity contribution >= 4 is 16.7 Å². The van der Waals surface area contributed by atoms with Gasteiger partial charge in [0.2, 0.25) is 0 Å². The summed E-state index contributed by atoms with van der Waals surface area (Å²) in [5.74, 6) is 0. The molecule has 2 aromatic heterocycles. The Morgan fingerprint density at radius 1 is 1.06 bits per heavy atom. The van der Waals surface area contributed by atoms with Gasteiger partial charge in [0.25, 0.3) is 0 Å². The van der Waals surface area contributed by atoms with Crippen LogP contribution in [0.1, 0.15) is 11.1 Å². The number of aromatic nitrogens is 3. The fourth-order valence-electron chi connectivity index (χ4n) is 3.60. The minimum atomic E-state index is -4.64. The Balaban J connectivity index is 2.04. The van der Waals surface area contributed by atoms with E-state index >= 15 is 0 Å². The van der Waals surface area contributed by atoms with Gasteiger partial charge < -0.3 is 10.6 Å². The molecule has 33 heavy (non-hydrogen) atoms. The van der Waals surface area contributed by atoms with Crippen molar-refractivity contribution in [3.05, 3.63) is 65.7 Å². The lowest BCUT2D eigenvalue weighted by Gasteiger charge is -2.13. The largest absolute Gasteiger partial charge is 0.417 e. The second-order valence-corrected chi connectivity index (χ2v) is 7.91. The maximum atomic E-state index is 14.3. The number of nitrogens with zero attached hydrogens (tertiary/aromatic N) is 5. The maximum Gasteiger partial charge on any atom is 0.417 e. The molecule has 0 radical (unpaired) electrons. The van der Waals surface area contributed by atoms with Crippen LogP contribution in [0, 0.1) is 11.3 Å². The molecule has 2 heterocycles. The Morgan fingerprint density at radius 3 is 2.42 bits per heavy atom. The van der Waals surface area contributed by atoms with E-state index in [4.69, 9.17) is 5.73 Å². The predicted molar refractivity (Wildman–Crippen MR) is 121 cm³/mol. The van der Waals surface area contributed by atoms with Gasteiger partial charge in [0.05, 0.1) is 28.8 Å². The molecule has 4 rings (SSSR count). The number of nitriles is 1. The molecule has 0 aliphatic rings. The first-order valence-electron chi connectivity index (χ1n) is 10.2. The van der Waals surface area contributed by atoms with Crippen molar-refractivity contribution in [2.75, 3.05) is 26.4 Å². The van der Waals surface area contributed by atoms with Crippen LogP contribution in [0.2, 0.25) is 0 Å². The number of alkyl halides is 3. The number of nitrogen functional groups attached to an aromatic ring is 1. The Morgan fingerprint density at radius 2 is 1.79 bits per heavy atom. The second-order valence-electron chi connectivity index (χ2n) is 7.91. The topological polar surface area (TPSA) is 83.8 Å². The summed E-state index contributed by atoms with van der Waals surface area (Å²) in [6.07, 6.45) is -4.64. The van der Waals surface area contributed by atoms with E-state index in [0.29, 0.717) is 24.2 Å². The molecule has 9 heteroatoms. The Kier molecular flexibility index (Phi) is 5.78. The van der Waals surface area contributed by atoms with Crippen LogP contribution in [0.4, 0.5) is 18.9 Å². The zero-order chi connectivity index (χ0) is 23.8. The van der Waals surface area contributed by atoms with Gasteiger partial charge in [0.1, 0.15) is 11.8 Å². The van der Waals surface area contributed by atoms with Crippen molar-refractivity contribution in [2.45, 2.75) is 12.7 Å². The highest BCUT2D eigenvalue weighted by molar-refractivity contribution is 5.96. The summed E-state index contributed by atoms with van der Waals surface area (Å²) < 4.78 is 44.4. The van der Waals surface area contributed by atoms with Gasteiger partial charge in [-0.15, -0.1) is 0 Å². The van der Waals surface area contributed by atoms with Crippen LogP contribution >= 0.6 is 0 Å². The number of benzene rings is 2. The molecule has 0 bridgehead atoms. The summed E-state index contributed by atoms with van der Waals surface area (Å²) >= 11 is 0. The quantitative estimate of drug-likeness (QED) is 0.442. The minimum Gasteiger partial charge on any atom is -0.398 e. The molecule has 0 aliphatic heterocycles. The molecule has 0 saturated heterocycles. The lowest BCUT2D eigenvalue weighted by Crippen LogP contribution is -2.19. The van der Waals surface area contributed by atoms with E-state index in [9.17, 15) is 18.4 Å².